The lowest BCUT2D eigenvalue weighted by Crippen LogP contribution is -2.24. The molecule has 0 spiro atoms. The molecule has 0 fully saturated rings. The van der Waals surface area contributed by atoms with Gasteiger partial charge in [0.1, 0.15) is 11.9 Å². The molecule has 0 amide bonds. The first-order chi connectivity index (χ1) is 8.15. The van der Waals surface area contributed by atoms with Crippen LogP contribution < -0.4 is 0 Å². The van der Waals surface area contributed by atoms with Crippen LogP contribution in [0.5, 0.6) is 5.75 Å². The maximum atomic E-state index is 11.2. The highest BCUT2D eigenvalue weighted by Gasteiger charge is 2.09. The Morgan fingerprint density at radius 2 is 1.82 bits per heavy atom. The molecule has 1 rings (SSSR count). The Morgan fingerprint density at radius 1 is 1.24 bits per heavy atom. The van der Waals surface area contributed by atoms with Crippen molar-refractivity contribution in [3.8, 4) is 5.75 Å². The van der Waals surface area contributed by atoms with Gasteiger partial charge in [0.2, 0.25) is 0 Å². The van der Waals surface area contributed by atoms with Gasteiger partial charge in [-0.1, -0.05) is 12.1 Å². The number of rotatable bonds is 5. The number of aliphatic hydroxyl groups excluding tert-OH is 2. The summed E-state index contributed by atoms with van der Waals surface area (Å²) < 4.78 is 4.72. The van der Waals surface area contributed by atoms with Gasteiger partial charge in [0.25, 0.3) is 0 Å². The van der Waals surface area contributed by atoms with E-state index in [4.69, 9.17) is 20.1 Å². The maximum absolute atomic E-state index is 11.2. The highest BCUT2D eigenvalue weighted by molar-refractivity contribution is 5.87. The molecule has 5 nitrogen and oxygen atoms in total. The fourth-order valence-corrected chi connectivity index (χ4v) is 1.09. The first-order valence-corrected chi connectivity index (χ1v) is 5.05. The Morgan fingerprint density at radius 3 is 2.35 bits per heavy atom. The van der Waals surface area contributed by atoms with Crippen LogP contribution in [0.2, 0.25) is 0 Å². The summed E-state index contributed by atoms with van der Waals surface area (Å²) in [6, 6.07) is 6.26. The summed E-state index contributed by atoms with van der Waals surface area (Å²) in [6.07, 6.45) is 1.80. The minimum absolute atomic E-state index is 0.144. The van der Waals surface area contributed by atoms with Crippen molar-refractivity contribution in [2.24, 2.45) is 0 Å². The van der Waals surface area contributed by atoms with Crippen LogP contribution in [0.15, 0.2) is 30.3 Å². The van der Waals surface area contributed by atoms with Crippen LogP contribution >= 0.6 is 0 Å². The lowest BCUT2D eigenvalue weighted by atomic mass is 10.2. The maximum Gasteiger partial charge on any atom is 0.331 e. The minimum Gasteiger partial charge on any atom is -0.508 e. The van der Waals surface area contributed by atoms with E-state index in [1.165, 1.54) is 24.3 Å². The van der Waals surface area contributed by atoms with E-state index >= 15 is 0 Å². The van der Waals surface area contributed by atoms with Gasteiger partial charge in [0.05, 0.1) is 13.2 Å². The van der Waals surface area contributed by atoms with E-state index in [0.29, 0.717) is 0 Å². The number of phenols is 1. The third-order valence-corrected chi connectivity index (χ3v) is 2.00. The van der Waals surface area contributed by atoms with Gasteiger partial charge in [-0.3, -0.25) is 0 Å². The van der Waals surface area contributed by atoms with Crippen LogP contribution in [-0.2, 0) is 9.53 Å². The molecule has 0 unspecified atom stereocenters. The van der Waals surface area contributed by atoms with Crippen LogP contribution in [-0.4, -0.2) is 40.6 Å². The van der Waals surface area contributed by atoms with Gasteiger partial charge in [-0.25, -0.2) is 4.79 Å². The summed E-state index contributed by atoms with van der Waals surface area (Å²) in [5.41, 5.74) is 0.726. The van der Waals surface area contributed by atoms with E-state index in [-0.39, 0.29) is 5.75 Å². The van der Waals surface area contributed by atoms with Crippen molar-refractivity contribution in [3.63, 3.8) is 0 Å². The molecular formula is C12H14O5. The molecule has 5 heteroatoms. The van der Waals surface area contributed by atoms with Crippen LogP contribution in [0, 0.1) is 0 Å². The standard InChI is InChI=1S/C12H14O5/c13-7-11(8-14)17-12(16)6-3-9-1-4-10(15)5-2-9/h1-6,11,13-15H,7-8H2. The molecule has 0 heterocycles. The van der Waals surface area contributed by atoms with Crippen LogP contribution in [0.25, 0.3) is 6.08 Å². The summed E-state index contributed by atoms with van der Waals surface area (Å²) in [5, 5.41) is 26.4. The van der Waals surface area contributed by atoms with Gasteiger partial charge in [0.15, 0.2) is 0 Å². The molecule has 1 aromatic carbocycles. The second-order valence-electron chi connectivity index (χ2n) is 3.35. The lowest BCUT2D eigenvalue weighted by Gasteiger charge is -2.10. The molecule has 0 aliphatic carbocycles. The minimum atomic E-state index is -0.896. The molecule has 0 atom stereocenters. The van der Waals surface area contributed by atoms with Gasteiger partial charge >= 0.3 is 5.97 Å². The number of benzene rings is 1. The van der Waals surface area contributed by atoms with Crippen LogP contribution in [0.3, 0.4) is 0 Å². The van der Waals surface area contributed by atoms with E-state index in [9.17, 15) is 4.79 Å². The van der Waals surface area contributed by atoms with E-state index in [1.54, 1.807) is 12.1 Å². The summed E-state index contributed by atoms with van der Waals surface area (Å²) in [6.45, 7) is -0.843. The first kappa shape index (κ1) is 13.2. The fourth-order valence-electron chi connectivity index (χ4n) is 1.09. The zero-order chi connectivity index (χ0) is 12.7. The summed E-state index contributed by atoms with van der Waals surface area (Å²) in [7, 11) is 0. The predicted octanol–water partition coefficient (Wildman–Crippen LogP) is 0.302. The van der Waals surface area contributed by atoms with Crippen LogP contribution in [0.1, 0.15) is 5.56 Å². The SMILES string of the molecule is O=C(C=Cc1ccc(O)cc1)OC(CO)CO. The molecule has 0 saturated heterocycles. The van der Waals surface area contributed by atoms with Gasteiger partial charge in [0, 0.05) is 6.08 Å². The first-order valence-electron chi connectivity index (χ1n) is 5.05. The van der Waals surface area contributed by atoms with Crippen LogP contribution in [0.4, 0.5) is 0 Å². The lowest BCUT2D eigenvalue weighted by molar-refractivity contribution is -0.147. The average molecular weight is 238 g/mol. The summed E-state index contributed by atoms with van der Waals surface area (Å²) >= 11 is 0. The summed E-state index contributed by atoms with van der Waals surface area (Å²) in [4.78, 5) is 11.2. The Bertz CT molecular complexity index is 378. The molecule has 0 aliphatic heterocycles. The highest BCUT2D eigenvalue weighted by Crippen LogP contribution is 2.10. The number of aliphatic hydroxyl groups is 2. The largest absolute Gasteiger partial charge is 0.508 e. The molecule has 92 valence electrons. The Balaban J connectivity index is 2.53. The predicted molar refractivity (Wildman–Crippen MR) is 61.2 cm³/mol. The molecule has 3 N–H and O–H groups in total. The number of aromatic hydroxyl groups is 1. The van der Waals surface area contributed by atoms with Crippen molar-refractivity contribution in [1.82, 2.24) is 0 Å². The van der Waals surface area contributed by atoms with E-state index in [0.717, 1.165) is 5.56 Å². The molecule has 0 bridgehead atoms. The Labute approximate surface area is 98.6 Å². The summed E-state index contributed by atoms with van der Waals surface area (Å²) in [5.74, 6) is -0.503. The molecule has 17 heavy (non-hydrogen) atoms. The third kappa shape index (κ3) is 4.67. The number of hydrogen-bond donors (Lipinski definition) is 3. The number of carbonyl (C=O) groups is 1. The second kappa shape index (κ2) is 6.67. The molecule has 0 radical (unpaired) electrons. The normalized spacial score (nSPS) is 11.0. The number of hydrogen-bond acceptors (Lipinski definition) is 5. The third-order valence-electron chi connectivity index (χ3n) is 2.00. The van der Waals surface area contributed by atoms with Crippen molar-refractivity contribution >= 4 is 12.0 Å². The smallest absolute Gasteiger partial charge is 0.331 e. The van der Waals surface area contributed by atoms with Gasteiger partial charge < -0.3 is 20.1 Å². The van der Waals surface area contributed by atoms with E-state index in [2.05, 4.69) is 0 Å². The van der Waals surface area contributed by atoms with E-state index < -0.39 is 25.3 Å². The monoisotopic (exact) mass is 238 g/mol. The van der Waals surface area contributed by atoms with Gasteiger partial charge in [-0.2, -0.15) is 0 Å². The molecular weight excluding hydrogens is 224 g/mol. The zero-order valence-corrected chi connectivity index (χ0v) is 9.11. The van der Waals surface area contributed by atoms with Crippen molar-refractivity contribution in [2.75, 3.05) is 13.2 Å². The quantitative estimate of drug-likeness (QED) is 0.507. The molecule has 0 saturated carbocycles. The Hall–Kier alpha value is -1.85. The van der Waals surface area contributed by atoms with E-state index in [1.807, 2.05) is 0 Å². The average Bonchev–Trinajstić information content (AvgIpc) is 2.35. The topological polar surface area (TPSA) is 87.0 Å². The number of esters is 1. The number of phenolic OH excluding ortho intramolecular Hbond substituents is 1. The second-order valence-corrected chi connectivity index (χ2v) is 3.35. The van der Waals surface area contributed by atoms with Crippen molar-refractivity contribution in [3.05, 3.63) is 35.9 Å². The van der Waals surface area contributed by atoms with Crippen molar-refractivity contribution in [1.29, 1.82) is 0 Å². The number of carbonyl (C=O) groups excluding carboxylic acids is 1. The molecule has 0 aromatic heterocycles. The molecule has 0 aliphatic rings. The fraction of sp³-hybridized carbons (Fsp3) is 0.250. The van der Waals surface area contributed by atoms with Gasteiger partial charge in [-0.05, 0) is 23.8 Å². The zero-order valence-electron chi connectivity index (χ0n) is 9.11. The number of ether oxygens (including phenoxy) is 1. The Kier molecular flexibility index (Phi) is 5.19. The van der Waals surface area contributed by atoms with Gasteiger partial charge in [-0.15, -0.1) is 0 Å². The highest BCUT2D eigenvalue weighted by atomic mass is 16.6. The van der Waals surface area contributed by atoms with Crippen molar-refractivity contribution < 1.29 is 24.9 Å². The molecule has 1 aromatic rings. The van der Waals surface area contributed by atoms with Crippen molar-refractivity contribution in [2.45, 2.75) is 6.10 Å².